The standard InChI is InChI=1S/C23H24N6O/c1-15-10-17-19(28(4)23(15)30)6-5-7-20(17)29-9-8-26(2)21-11-18(24-13-22(21)29)16-12-25-27(3)14-16/h5-7,10-14H,8-9H2,1-4H3. The van der Waals surface area contributed by atoms with Gasteiger partial charge in [-0.2, -0.15) is 5.10 Å². The van der Waals surface area contributed by atoms with Gasteiger partial charge in [-0.25, -0.2) is 0 Å². The monoisotopic (exact) mass is 400 g/mol. The lowest BCUT2D eigenvalue weighted by molar-refractivity contribution is 0.768. The molecule has 4 aromatic rings. The molecule has 0 saturated carbocycles. The number of aromatic nitrogens is 4. The second-order valence-corrected chi connectivity index (χ2v) is 7.94. The summed E-state index contributed by atoms with van der Waals surface area (Å²) in [5.74, 6) is 0. The number of aryl methyl sites for hydroxylation is 3. The first-order valence-corrected chi connectivity index (χ1v) is 10.0. The van der Waals surface area contributed by atoms with Crippen LogP contribution < -0.4 is 15.4 Å². The Labute approximate surface area is 174 Å². The minimum atomic E-state index is 0.0428. The number of anilines is 3. The van der Waals surface area contributed by atoms with E-state index in [-0.39, 0.29) is 5.56 Å². The van der Waals surface area contributed by atoms with Crippen LogP contribution in [0.3, 0.4) is 0 Å². The lowest BCUT2D eigenvalue weighted by Crippen LogP contribution is -2.36. The predicted octanol–water partition coefficient (Wildman–Crippen LogP) is 3.23. The highest BCUT2D eigenvalue weighted by molar-refractivity contribution is 5.96. The fourth-order valence-corrected chi connectivity index (χ4v) is 4.27. The van der Waals surface area contributed by atoms with Gasteiger partial charge >= 0.3 is 0 Å². The highest BCUT2D eigenvalue weighted by Gasteiger charge is 2.24. The van der Waals surface area contributed by atoms with E-state index in [2.05, 4.69) is 34.1 Å². The molecule has 0 atom stereocenters. The van der Waals surface area contributed by atoms with Crippen LogP contribution in [0, 0.1) is 6.92 Å². The van der Waals surface area contributed by atoms with Crippen molar-refractivity contribution in [1.29, 1.82) is 0 Å². The summed E-state index contributed by atoms with van der Waals surface area (Å²) in [4.78, 5) is 21.7. The fourth-order valence-electron chi connectivity index (χ4n) is 4.27. The lowest BCUT2D eigenvalue weighted by atomic mass is 10.1. The number of benzene rings is 1. The summed E-state index contributed by atoms with van der Waals surface area (Å²) >= 11 is 0. The molecular formula is C23H24N6O. The van der Waals surface area contributed by atoms with Crippen molar-refractivity contribution in [3.8, 4) is 11.3 Å². The summed E-state index contributed by atoms with van der Waals surface area (Å²) in [6.07, 6.45) is 5.76. The summed E-state index contributed by atoms with van der Waals surface area (Å²) in [5.41, 5.74) is 6.93. The molecule has 0 N–H and O–H groups in total. The van der Waals surface area contributed by atoms with Gasteiger partial charge in [-0.05, 0) is 31.2 Å². The van der Waals surface area contributed by atoms with Gasteiger partial charge in [0.2, 0.25) is 0 Å². The Balaban J connectivity index is 1.68. The van der Waals surface area contributed by atoms with E-state index >= 15 is 0 Å². The highest BCUT2D eigenvalue weighted by Crippen LogP contribution is 2.40. The normalized spacial score (nSPS) is 13.7. The third-order valence-corrected chi connectivity index (χ3v) is 5.94. The quantitative estimate of drug-likeness (QED) is 0.517. The van der Waals surface area contributed by atoms with Gasteiger partial charge in [0.15, 0.2) is 0 Å². The van der Waals surface area contributed by atoms with Gasteiger partial charge in [0.05, 0.1) is 40.7 Å². The molecule has 1 aliphatic rings. The van der Waals surface area contributed by atoms with E-state index in [0.717, 1.165) is 57.9 Å². The van der Waals surface area contributed by atoms with Gasteiger partial charge in [-0.15, -0.1) is 0 Å². The highest BCUT2D eigenvalue weighted by atomic mass is 16.1. The maximum atomic E-state index is 12.4. The van der Waals surface area contributed by atoms with Crippen molar-refractivity contribution >= 4 is 28.0 Å². The number of hydrogen-bond acceptors (Lipinski definition) is 5. The summed E-state index contributed by atoms with van der Waals surface area (Å²) in [7, 11) is 5.85. The Hall–Kier alpha value is -3.61. The Morgan fingerprint density at radius 3 is 2.57 bits per heavy atom. The SMILES string of the molecule is Cc1cc2c(N3CCN(C)c4cc(-c5cnn(C)c5)ncc43)cccc2n(C)c1=O. The van der Waals surface area contributed by atoms with Gasteiger partial charge in [0.1, 0.15) is 0 Å². The molecule has 0 bridgehead atoms. The van der Waals surface area contributed by atoms with Crippen molar-refractivity contribution in [2.45, 2.75) is 6.92 Å². The Morgan fingerprint density at radius 2 is 1.80 bits per heavy atom. The van der Waals surface area contributed by atoms with Gasteiger partial charge in [0, 0.05) is 56.9 Å². The molecule has 1 aromatic carbocycles. The first kappa shape index (κ1) is 18.4. The number of hydrogen-bond donors (Lipinski definition) is 0. The third-order valence-electron chi connectivity index (χ3n) is 5.94. The predicted molar refractivity (Wildman–Crippen MR) is 121 cm³/mol. The van der Waals surface area contributed by atoms with E-state index < -0.39 is 0 Å². The van der Waals surface area contributed by atoms with Crippen LogP contribution in [-0.4, -0.2) is 39.5 Å². The number of rotatable bonds is 2. The van der Waals surface area contributed by atoms with Crippen LogP contribution in [0.15, 0.2) is 53.7 Å². The molecule has 0 spiro atoms. The summed E-state index contributed by atoms with van der Waals surface area (Å²) in [6.45, 7) is 3.61. The van der Waals surface area contributed by atoms with Crippen LogP contribution in [0.1, 0.15) is 5.56 Å². The Bertz CT molecular complexity index is 1340. The van der Waals surface area contributed by atoms with Gasteiger partial charge in [-0.3, -0.25) is 14.5 Å². The maximum Gasteiger partial charge on any atom is 0.253 e. The minimum absolute atomic E-state index is 0.0428. The van der Waals surface area contributed by atoms with Crippen molar-refractivity contribution in [3.63, 3.8) is 0 Å². The van der Waals surface area contributed by atoms with Crippen LogP contribution in [0.4, 0.5) is 17.1 Å². The molecule has 7 heteroatoms. The van der Waals surface area contributed by atoms with Crippen LogP contribution >= 0.6 is 0 Å². The van der Waals surface area contributed by atoms with Crippen molar-refractivity contribution in [1.82, 2.24) is 19.3 Å². The molecule has 3 aromatic heterocycles. The summed E-state index contributed by atoms with van der Waals surface area (Å²) in [6, 6.07) is 10.3. The molecule has 5 rings (SSSR count). The average molecular weight is 400 g/mol. The zero-order valence-corrected chi connectivity index (χ0v) is 17.6. The molecule has 0 unspecified atom stereocenters. The van der Waals surface area contributed by atoms with Crippen LogP contribution in [0.25, 0.3) is 22.2 Å². The molecule has 152 valence electrons. The molecular weight excluding hydrogens is 376 g/mol. The van der Waals surface area contributed by atoms with Crippen molar-refractivity contribution in [3.05, 3.63) is 64.8 Å². The second-order valence-electron chi connectivity index (χ2n) is 7.94. The zero-order valence-electron chi connectivity index (χ0n) is 17.6. The topological polar surface area (TPSA) is 59.2 Å². The number of nitrogens with zero attached hydrogens (tertiary/aromatic N) is 6. The van der Waals surface area contributed by atoms with E-state index in [1.165, 1.54) is 0 Å². The van der Waals surface area contributed by atoms with E-state index in [1.54, 1.807) is 9.25 Å². The smallest absolute Gasteiger partial charge is 0.253 e. The molecule has 1 aliphatic heterocycles. The van der Waals surface area contributed by atoms with Crippen molar-refractivity contribution in [2.75, 3.05) is 29.9 Å². The van der Waals surface area contributed by atoms with Crippen molar-refractivity contribution < 1.29 is 0 Å². The first-order valence-electron chi connectivity index (χ1n) is 10.0. The van der Waals surface area contributed by atoms with Crippen molar-refractivity contribution in [2.24, 2.45) is 14.1 Å². The maximum absolute atomic E-state index is 12.4. The Morgan fingerprint density at radius 1 is 0.967 bits per heavy atom. The molecule has 0 amide bonds. The molecule has 0 aliphatic carbocycles. The molecule has 0 saturated heterocycles. The number of pyridine rings is 2. The van der Waals surface area contributed by atoms with Crippen LogP contribution in [0.2, 0.25) is 0 Å². The number of fused-ring (bicyclic) bond motifs is 2. The molecule has 4 heterocycles. The van der Waals surface area contributed by atoms with Gasteiger partial charge < -0.3 is 14.4 Å². The van der Waals surface area contributed by atoms with Gasteiger partial charge in [0.25, 0.3) is 5.56 Å². The largest absolute Gasteiger partial charge is 0.371 e. The molecule has 7 nitrogen and oxygen atoms in total. The average Bonchev–Trinajstić information content (AvgIpc) is 3.18. The summed E-state index contributed by atoms with van der Waals surface area (Å²) < 4.78 is 3.52. The van der Waals surface area contributed by atoms with Crippen LogP contribution in [-0.2, 0) is 14.1 Å². The number of likely N-dealkylation sites (N-methyl/N-ethyl adjacent to an activating group) is 1. The van der Waals surface area contributed by atoms with E-state index in [9.17, 15) is 4.79 Å². The van der Waals surface area contributed by atoms with Crippen LogP contribution in [0.5, 0.6) is 0 Å². The molecule has 30 heavy (non-hydrogen) atoms. The zero-order chi connectivity index (χ0) is 21.0. The fraction of sp³-hybridized carbons (Fsp3) is 0.261. The summed E-state index contributed by atoms with van der Waals surface area (Å²) in [5, 5.41) is 5.34. The second kappa shape index (κ2) is 6.73. The minimum Gasteiger partial charge on any atom is -0.371 e. The lowest BCUT2D eigenvalue weighted by Gasteiger charge is -2.37. The molecule has 0 fully saturated rings. The van der Waals surface area contributed by atoms with E-state index in [1.807, 2.05) is 57.8 Å². The third kappa shape index (κ3) is 2.77. The van der Waals surface area contributed by atoms with Gasteiger partial charge in [-0.1, -0.05) is 6.07 Å². The first-order chi connectivity index (χ1) is 14.4. The van der Waals surface area contributed by atoms with E-state index in [4.69, 9.17) is 4.98 Å². The molecule has 0 radical (unpaired) electrons. The Kier molecular flexibility index (Phi) is 4.13. The van der Waals surface area contributed by atoms with E-state index in [0.29, 0.717) is 0 Å².